The maximum absolute atomic E-state index is 13.4. The summed E-state index contributed by atoms with van der Waals surface area (Å²) in [7, 11) is 1.32. The normalized spacial score (nSPS) is 13.4. The molecule has 1 heterocycles. The fourth-order valence-electron chi connectivity index (χ4n) is 3.63. The highest BCUT2D eigenvalue weighted by Gasteiger charge is 2.34. The molecule has 0 saturated carbocycles. The first kappa shape index (κ1) is 18.7. The van der Waals surface area contributed by atoms with Gasteiger partial charge in [-0.1, -0.05) is 66.7 Å². The lowest BCUT2D eigenvalue weighted by molar-refractivity contribution is -0.145. The van der Waals surface area contributed by atoms with Gasteiger partial charge in [-0.2, -0.15) is 0 Å². The van der Waals surface area contributed by atoms with Crippen LogP contribution >= 0.6 is 0 Å². The van der Waals surface area contributed by atoms with Crippen molar-refractivity contribution in [2.45, 2.75) is 18.4 Å². The maximum Gasteiger partial charge on any atom is 0.328 e. The van der Waals surface area contributed by atoms with Crippen molar-refractivity contribution < 1.29 is 19.1 Å². The molecule has 4 rings (SSSR count). The number of nitrogens with one attached hydrogen (secondary N) is 1. The predicted octanol–water partition coefficient (Wildman–Crippen LogP) is 3.82. The number of benzene rings is 3. The number of ether oxygens (including phenoxy) is 2. The van der Waals surface area contributed by atoms with Crippen LogP contribution in [-0.4, -0.2) is 25.0 Å². The summed E-state index contributed by atoms with van der Waals surface area (Å²) >= 11 is 0. The van der Waals surface area contributed by atoms with Crippen LogP contribution in [0.25, 0.3) is 0 Å². The van der Waals surface area contributed by atoms with Crippen LogP contribution in [0.3, 0.4) is 0 Å². The minimum Gasteiger partial charge on any atom is -0.467 e. The summed E-state index contributed by atoms with van der Waals surface area (Å²) in [5.41, 5.74) is 2.48. The summed E-state index contributed by atoms with van der Waals surface area (Å²) in [6.07, 6.45) is 0.353. The number of methoxy groups -OCH3 is 1. The van der Waals surface area contributed by atoms with Gasteiger partial charge in [-0.3, -0.25) is 4.79 Å². The first-order valence-electron chi connectivity index (χ1n) is 9.45. The molecule has 0 unspecified atom stereocenters. The Labute approximate surface area is 169 Å². The van der Waals surface area contributed by atoms with E-state index in [1.165, 1.54) is 7.11 Å². The van der Waals surface area contributed by atoms with E-state index in [2.05, 4.69) is 5.32 Å². The van der Waals surface area contributed by atoms with Crippen molar-refractivity contribution in [2.24, 2.45) is 0 Å². The average molecular weight is 387 g/mol. The van der Waals surface area contributed by atoms with Crippen LogP contribution in [-0.2, 0) is 20.7 Å². The van der Waals surface area contributed by atoms with E-state index < -0.39 is 17.9 Å². The molecule has 1 N–H and O–H groups in total. The van der Waals surface area contributed by atoms with Gasteiger partial charge in [-0.15, -0.1) is 0 Å². The molecule has 0 aliphatic carbocycles. The van der Waals surface area contributed by atoms with Crippen LogP contribution in [0, 0.1) is 0 Å². The number of carbonyl (C=O) groups is 2. The highest BCUT2D eigenvalue weighted by atomic mass is 16.5. The smallest absolute Gasteiger partial charge is 0.328 e. The molecule has 1 aliphatic rings. The van der Waals surface area contributed by atoms with E-state index >= 15 is 0 Å². The van der Waals surface area contributed by atoms with Gasteiger partial charge in [0.1, 0.15) is 17.5 Å². The Hall–Kier alpha value is -3.60. The Morgan fingerprint density at radius 2 is 1.45 bits per heavy atom. The van der Waals surface area contributed by atoms with Crippen molar-refractivity contribution in [3.05, 3.63) is 95.6 Å². The standard InChI is InChI=1S/C24H21NO4/c1-28-24(27)19(15-16-9-3-2-4-10-16)25-23(26)22-17-11-5-7-13-20(17)29-21-14-8-6-12-18(21)22/h2-14,19,22H,15H2,1H3,(H,25,26)/t19-/m0/s1. The molecule has 29 heavy (non-hydrogen) atoms. The Morgan fingerprint density at radius 3 is 2.03 bits per heavy atom. The SMILES string of the molecule is COC(=O)[C@H](Cc1ccccc1)NC(=O)C1c2ccccc2Oc2ccccc21. The third kappa shape index (κ3) is 3.85. The topological polar surface area (TPSA) is 64.6 Å². The number of amides is 1. The van der Waals surface area contributed by atoms with E-state index in [-0.39, 0.29) is 5.91 Å². The van der Waals surface area contributed by atoms with E-state index in [1.54, 1.807) is 0 Å². The molecule has 0 spiro atoms. The van der Waals surface area contributed by atoms with Crippen LogP contribution in [0.15, 0.2) is 78.9 Å². The van der Waals surface area contributed by atoms with Crippen molar-refractivity contribution in [1.82, 2.24) is 5.32 Å². The summed E-state index contributed by atoms with van der Waals surface area (Å²) in [5.74, 6) is -0.0255. The molecule has 0 aromatic heterocycles. The molecule has 5 heteroatoms. The zero-order chi connectivity index (χ0) is 20.2. The van der Waals surface area contributed by atoms with Crippen LogP contribution in [0.4, 0.5) is 0 Å². The molecule has 1 amide bonds. The maximum atomic E-state index is 13.4. The summed E-state index contributed by atoms with van der Waals surface area (Å²) in [5, 5.41) is 2.90. The second-order valence-corrected chi connectivity index (χ2v) is 6.88. The molecule has 0 bridgehead atoms. The summed E-state index contributed by atoms with van der Waals surface area (Å²) in [4.78, 5) is 25.7. The van der Waals surface area contributed by atoms with Gasteiger partial charge in [0, 0.05) is 17.5 Å². The minimum atomic E-state index is -0.780. The highest BCUT2D eigenvalue weighted by Crippen LogP contribution is 2.43. The first-order valence-corrected chi connectivity index (χ1v) is 9.45. The zero-order valence-electron chi connectivity index (χ0n) is 16.0. The molecular weight excluding hydrogens is 366 g/mol. The number of rotatable bonds is 5. The number of carbonyl (C=O) groups excluding carboxylic acids is 2. The average Bonchev–Trinajstić information content (AvgIpc) is 2.77. The highest BCUT2D eigenvalue weighted by molar-refractivity contribution is 5.92. The zero-order valence-corrected chi connectivity index (χ0v) is 16.0. The van der Waals surface area contributed by atoms with Gasteiger partial charge < -0.3 is 14.8 Å². The van der Waals surface area contributed by atoms with E-state index in [9.17, 15) is 9.59 Å². The number of hydrogen-bond donors (Lipinski definition) is 1. The largest absolute Gasteiger partial charge is 0.467 e. The lowest BCUT2D eigenvalue weighted by Gasteiger charge is -2.28. The molecule has 5 nitrogen and oxygen atoms in total. The van der Waals surface area contributed by atoms with E-state index in [0.717, 1.165) is 16.7 Å². The fraction of sp³-hybridized carbons (Fsp3) is 0.167. The van der Waals surface area contributed by atoms with E-state index in [4.69, 9.17) is 9.47 Å². The van der Waals surface area contributed by atoms with Crippen molar-refractivity contribution in [2.75, 3.05) is 7.11 Å². The van der Waals surface area contributed by atoms with Gasteiger partial charge >= 0.3 is 5.97 Å². The van der Waals surface area contributed by atoms with E-state index in [1.807, 2.05) is 78.9 Å². The lowest BCUT2D eigenvalue weighted by atomic mass is 9.87. The summed E-state index contributed by atoms with van der Waals surface area (Å²) < 4.78 is 10.9. The Kier molecular flexibility index (Phi) is 5.29. The van der Waals surface area contributed by atoms with Crippen molar-refractivity contribution in [3.63, 3.8) is 0 Å². The second kappa shape index (κ2) is 8.19. The Bertz CT molecular complexity index is 986. The monoisotopic (exact) mass is 387 g/mol. The van der Waals surface area contributed by atoms with Crippen molar-refractivity contribution in [1.29, 1.82) is 0 Å². The number of esters is 1. The summed E-state index contributed by atoms with van der Waals surface area (Å²) in [6, 6.07) is 23.7. The van der Waals surface area contributed by atoms with Gasteiger partial charge in [-0.05, 0) is 17.7 Å². The molecule has 0 fully saturated rings. The fourth-order valence-corrected chi connectivity index (χ4v) is 3.63. The molecule has 0 radical (unpaired) electrons. The number of fused-ring (bicyclic) bond motifs is 2. The van der Waals surface area contributed by atoms with Gasteiger partial charge in [-0.25, -0.2) is 4.79 Å². The Balaban J connectivity index is 1.65. The van der Waals surface area contributed by atoms with Crippen LogP contribution in [0.1, 0.15) is 22.6 Å². The van der Waals surface area contributed by atoms with Gasteiger partial charge in [0.25, 0.3) is 0 Å². The molecule has 146 valence electrons. The second-order valence-electron chi connectivity index (χ2n) is 6.88. The van der Waals surface area contributed by atoms with Crippen LogP contribution in [0.2, 0.25) is 0 Å². The van der Waals surface area contributed by atoms with Crippen molar-refractivity contribution >= 4 is 11.9 Å². The lowest BCUT2D eigenvalue weighted by Crippen LogP contribution is -2.45. The van der Waals surface area contributed by atoms with Gasteiger partial charge in [0.15, 0.2) is 0 Å². The minimum absolute atomic E-state index is 0.264. The molecule has 0 saturated heterocycles. The van der Waals surface area contributed by atoms with Gasteiger partial charge in [0.2, 0.25) is 5.91 Å². The molecular formula is C24H21NO4. The predicted molar refractivity (Wildman–Crippen MR) is 109 cm³/mol. The third-order valence-electron chi connectivity index (χ3n) is 5.03. The van der Waals surface area contributed by atoms with E-state index in [0.29, 0.717) is 17.9 Å². The number of para-hydroxylation sites is 2. The first-order chi connectivity index (χ1) is 14.2. The Morgan fingerprint density at radius 1 is 0.897 bits per heavy atom. The quantitative estimate of drug-likeness (QED) is 0.676. The molecule has 1 atom stereocenters. The van der Waals surface area contributed by atoms with Gasteiger partial charge in [0.05, 0.1) is 13.0 Å². The molecule has 3 aromatic carbocycles. The summed E-state index contributed by atoms with van der Waals surface area (Å²) in [6.45, 7) is 0. The number of hydrogen-bond acceptors (Lipinski definition) is 4. The third-order valence-corrected chi connectivity index (χ3v) is 5.03. The van der Waals surface area contributed by atoms with Crippen LogP contribution in [0.5, 0.6) is 11.5 Å². The molecule has 3 aromatic rings. The van der Waals surface area contributed by atoms with Crippen LogP contribution < -0.4 is 10.1 Å². The van der Waals surface area contributed by atoms with Crippen molar-refractivity contribution in [3.8, 4) is 11.5 Å². The molecule has 1 aliphatic heterocycles.